The van der Waals surface area contributed by atoms with Gasteiger partial charge < -0.3 is 9.64 Å². The lowest BCUT2D eigenvalue weighted by Gasteiger charge is -2.19. The highest BCUT2D eigenvalue weighted by Crippen LogP contribution is 2.11. The highest BCUT2D eigenvalue weighted by atomic mass is 16.5. The van der Waals surface area contributed by atoms with E-state index in [-0.39, 0.29) is 17.9 Å². The summed E-state index contributed by atoms with van der Waals surface area (Å²) in [6.07, 6.45) is 0.329. The van der Waals surface area contributed by atoms with Crippen LogP contribution in [0.2, 0.25) is 0 Å². The van der Waals surface area contributed by atoms with Crippen LogP contribution in [-0.4, -0.2) is 36.5 Å². The maximum Gasteiger partial charge on any atom is 0.308 e. The van der Waals surface area contributed by atoms with Crippen LogP contribution in [0.5, 0.6) is 0 Å². The van der Waals surface area contributed by atoms with E-state index in [0.717, 1.165) is 0 Å². The largest absolute Gasteiger partial charge is 0.463 e. The molecule has 1 atom stereocenters. The Kier molecular flexibility index (Phi) is 2.12. The van der Waals surface area contributed by atoms with Gasteiger partial charge in [-0.15, -0.1) is 0 Å². The van der Waals surface area contributed by atoms with Gasteiger partial charge in [0.1, 0.15) is 6.61 Å². The molecule has 0 saturated carbocycles. The number of amides is 1. The molecule has 0 aromatic heterocycles. The smallest absolute Gasteiger partial charge is 0.308 e. The zero-order chi connectivity index (χ0) is 8.43. The molecule has 0 aromatic carbocycles. The Morgan fingerprint density at radius 2 is 2.36 bits per heavy atom. The second kappa shape index (κ2) is 2.90. The van der Waals surface area contributed by atoms with Gasteiger partial charge in [0, 0.05) is 14.0 Å². The molecule has 1 saturated heterocycles. The molecular weight excluding hydrogens is 146 g/mol. The van der Waals surface area contributed by atoms with E-state index in [0.29, 0.717) is 13.0 Å². The third-order valence-electron chi connectivity index (χ3n) is 1.88. The van der Waals surface area contributed by atoms with Gasteiger partial charge in [0.2, 0.25) is 5.91 Å². The van der Waals surface area contributed by atoms with Crippen LogP contribution in [0.25, 0.3) is 0 Å². The first-order valence-corrected chi connectivity index (χ1v) is 3.50. The maximum absolute atomic E-state index is 10.8. The summed E-state index contributed by atoms with van der Waals surface area (Å²) in [6.45, 7) is 1.82. The van der Waals surface area contributed by atoms with Crippen molar-refractivity contribution in [1.82, 2.24) is 4.90 Å². The number of rotatable bonds is 1. The first kappa shape index (κ1) is 8.04. The molecule has 0 bridgehead atoms. The van der Waals surface area contributed by atoms with Crippen molar-refractivity contribution in [3.63, 3.8) is 0 Å². The first-order chi connectivity index (χ1) is 5.11. The van der Waals surface area contributed by atoms with Gasteiger partial charge in [0.15, 0.2) is 0 Å². The predicted octanol–water partition coefficient (Wildman–Crippen LogP) is -0.220. The average molecular weight is 157 g/mol. The van der Waals surface area contributed by atoms with Crippen LogP contribution in [0.3, 0.4) is 0 Å². The summed E-state index contributed by atoms with van der Waals surface area (Å²) in [6, 6.07) is -0.0556. The fourth-order valence-electron chi connectivity index (χ4n) is 1.01. The molecule has 0 N–H and O–H groups in total. The van der Waals surface area contributed by atoms with Crippen LogP contribution in [0, 0.1) is 0 Å². The van der Waals surface area contributed by atoms with E-state index >= 15 is 0 Å². The standard InChI is InChI=1S/C7H11NO3/c1-5(9)8(2)6-3-7(10)11-4-6/h6H,3-4H2,1-2H3. The molecular formula is C7H11NO3. The van der Waals surface area contributed by atoms with Crippen molar-refractivity contribution in [3.05, 3.63) is 0 Å². The Hall–Kier alpha value is -1.06. The molecule has 1 aliphatic rings. The monoisotopic (exact) mass is 157 g/mol. The van der Waals surface area contributed by atoms with Crippen molar-refractivity contribution in [3.8, 4) is 0 Å². The van der Waals surface area contributed by atoms with Gasteiger partial charge in [-0.3, -0.25) is 9.59 Å². The summed E-state index contributed by atoms with van der Waals surface area (Å²) >= 11 is 0. The number of cyclic esters (lactones) is 1. The number of hydrogen-bond acceptors (Lipinski definition) is 3. The quantitative estimate of drug-likeness (QED) is 0.494. The van der Waals surface area contributed by atoms with E-state index in [1.807, 2.05) is 0 Å². The van der Waals surface area contributed by atoms with Crippen LogP contribution < -0.4 is 0 Å². The van der Waals surface area contributed by atoms with Gasteiger partial charge in [-0.1, -0.05) is 0 Å². The number of ether oxygens (including phenoxy) is 1. The fourth-order valence-corrected chi connectivity index (χ4v) is 1.01. The van der Waals surface area contributed by atoms with Gasteiger partial charge in [0.05, 0.1) is 12.5 Å². The summed E-state index contributed by atoms with van der Waals surface area (Å²) in [7, 11) is 1.68. The van der Waals surface area contributed by atoms with E-state index in [2.05, 4.69) is 0 Å². The lowest BCUT2D eigenvalue weighted by atomic mass is 10.2. The topological polar surface area (TPSA) is 46.6 Å². The van der Waals surface area contributed by atoms with Crippen LogP contribution in [0.4, 0.5) is 0 Å². The molecule has 4 nitrogen and oxygen atoms in total. The Morgan fingerprint density at radius 1 is 1.73 bits per heavy atom. The predicted molar refractivity (Wildman–Crippen MR) is 37.8 cm³/mol. The van der Waals surface area contributed by atoms with Crippen LogP contribution in [0.1, 0.15) is 13.3 Å². The number of carbonyl (C=O) groups is 2. The Balaban J connectivity index is 2.49. The minimum Gasteiger partial charge on any atom is -0.463 e. The van der Waals surface area contributed by atoms with Crippen molar-refractivity contribution in [2.75, 3.05) is 13.7 Å². The molecule has 1 fully saturated rings. The van der Waals surface area contributed by atoms with E-state index in [4.69, 9.17) is 4.74 Å². The summed E-state index contributed by atoms with van der Waals surface area (Å²) in [4.78, 5) is 22.9. The second-order valence-electron chi connectivity index (χ2n) is 2.67. The Bertz CT molecular complexity index is 190. The van der Waals surface area contributed by atoms with Gasteiger partial charge in [0.25, 0.3) is 0 Å². The number of hydrogen-bond donors (Lipinski definition) is 0. The molecule has 1 heterocycles. The third kappa shape index (κ3) is 1.69. The Labute approximate surface area is 65.1 Å². The zero-order valence-corrected chi connectivity index (χ0v) is 6.66. The van der Waals surface area contributed by atoms with Crippen LogP contribution in [0.15, 0.2) is 0 Å². The number of esters is 1. The highest BCUT2D eigenvalue weighted by Gasteiger charge is 2.28. The van der Waals surface area contributed by atoms with E-state index in [1.165, 1.54) is 11.8 Å². The normalized spacial score (nSPS) is 23.1. The molecule has 0 aromatic rings. The molecule has 1 unspecified atom stereocenters. The van der Waals surface area contributed by atoms with Gasteiger partial charge in [-0.2, -0.15) is 0 Å². The fraction of sp³-hybridized carbons (Fsp3) is 0.714. The van der Waals surface area contributed by atoms with E-state index < -0.39 is 0 Å². The summed E-state index contributed by atoms with van der Waals surface area (Å²) in [5.41, 5.74) is 0. The molecule has 1 rings (SSSR count). The van der Waals surface area contributed by atoms with Gasteiger partial charge in [-0.25, -0.2) is 0 Å². The van der Waals surface area contributed by atoms with Crippen LogP contribution >= 0.6 is 0 Å². The Morgan fingerprint density at radius 3 is 2.73 bits per heavy atom. The molecule has 11 heavy (non-hydrogen) atoms. The van der Waals surface area contributed by atoms with Gasteiger partial charge >= 0.3 is 5.97 Å². The third-order valence-corrected chi connectivity index (χ3v) is 1.88. The summed E-state index contributed by atoms with van der Waals surface area (Å²) in [5, 5.41) is 0. The first-order valence-electron chi connectivity index (χ1n) is 3.50. The lowest BCUT2D eigenvalue weighted by molar-refractivity contribution is -0.138. The average Bonchev–Trinajstić information content (AvgIpc) is 2.34. The maximum atomic E-state index is 10.8. The van der Waals surface area contributed by atoms with Crippen molar-refractivity contribution >= 4 is 11.9 Å². The molecule has 0 spiro atoms. The van der Waals surface area contributed by atoms with Crippen molar-refractivity contribution < 1.29 is 14.3 Å². The van der Waals surface area contributed by atoms with Crippen molar-refractivity contribution in [2.24, 2.45) is 0 Å². The number of nitrogens with zero attached hydrogens (tertiary/aromatic N) is 1. The number of carbonyl (C=O) groups excluding carboxylic acids is 2. The van der Waals surface area contributed by atoms with E-state index in [9.17, 15) is 9.59 Å². The molecule has 0 aliphatic carbocycles. The molecule has 4 heteroatoms. The molecule has 1 aliphatic heterocycles. The number of likely N-dealkylation sites (N-methyl/N-ethyl adjacent to an activating group) is 1. The lowest BCUT2D eigenvalue weighted by Crippen LogP contribution is -2.35. The highest BCUT2D eigenvalue weighted by molar-refractivity contribution is 5.76. The van der Waals surface area contributed by atoms with Crippen LogP contribution in [-0.2, 0) is 14.3 Å². The zero-order valence-electron chi connectivity index (χ0n) is 6.66. The van der Waals surface area contributed by atoms with Gasteiger partial charge in [-0.05, 0) is 0 Å². The van der Waals surface area contributed by atoms with Crippen molar-refractivity contribution in [2.45, 2.75) is 19.4 Å². The molecule has 62 valence electrons. The molecule has 0 radical (unpaired) electrons. The molecule has 1 amide bonds. The minimum absolute atomic E-state index is 0.0340. The summed E-state index contributed by atoms with van der Waals surface area (Å²) < 4.78 is 4.70. The van der Waals surface area contributed by atoms with E-state index in [1.54, 1.807) is 7.05 Å². The second-order valence-corrected chi connectivity index (χ2v) is 2.67. The minimum atomic E-state index is -0.219. The summed E-state index contributed by atoms with van der Waals surface area (Å²) in [5.74, 6) is -0.253. The SMILES string of the molecule is CC(=O)N(C)C1COC(=O)C1. The van der Waals surface area contributed by atoms with Crippen molar-refractivity contribution in [1.29, 1.82) is 0 Å².